The van der Waals surface area contributed by atoms with Crippen LogP contribution in [0.4, 0.5) is 11.6 Å². The average molecular weight is 355 g/mol. The number of pyridine rings is 1. The lowest BCUT2D eigenvalue weighted by atomic mass is 10.1. The molecule has 1 saturated heterocycles. The molecule has 0 aromatic carbocycles. The van der Waals surface area contributed by atoms with Crippen molar-refractivity contribution >= 4 is 17.5 Å². The van der Waals surface area contributed by atoms with E-state index in [2.05, 4.69) is 20.3 Å². The smallest absolute Gasteiger partial charge is 0.254 e. The van der Waals surface area contributed by atoms with Crippen molar-refractivity contribution in [1.82, 2.24) is 19.9 Å². The molecule has 1 amide bonds. The zero-order valence-electron chi connectivity index (χ0n) is 15.7. The van der Waals surface area contributed by atoms with Gasteiger partial charge in [-0.25, -0.2) is 9.97 Å². The van der Waals surface area contributed by atoms with Gasteiger partial charge in [0.2, 0.25) is 0 Å². The Hall–Kier alpha value is -2.54. The Labute approximate surface area is 153 Å². The number of hydrogen-bond donors (Lipinski definition) is 1. The highest BCUT2D eigenvalue weighted by molar-refractivity contribution is 5.85. The highest BCUT2D eigenvalue weighted by Crippen LogP contribution is 2.36. The van der Waals surface area contributed by atoms with Gasteiger partial charge in [0.15, 0.2) is 5.82 Å². The molecular formula is C19H25N5O2. The summed E-state index contributed by atoms with van der Waals surface area (Å²) >= 11 is 0. The number of rotatable bonds is 5. The second-order valence-electron chi connectivity index (χ2n) is 6.95. The van der Waals surface area contributed by atoms with Crippen molar-refractivity contribution in [2.45, 2.75) is 45.3 Å². The third-order valence-corrected chi connectivity index (χ3v) is 4.72. The van der Waals surface area contributed by atoms with Crippen LogP contribution in [0.2, 0.25) is 0 Å². The number of carbonyl (C=O) groups excluding carboxylic acids is 1. The molecule has 2 aromatic heterocycles. The van der Waals surface area contributed by atoms with Crippen LogP contribution in [-0.2, 0) is 9.53 Å². The van der Waals surface area contributed by atoms with Gasteiger partial charge in [0.1, 0.15) is 17.1 Å². The summed E-state index contributed by atoms with van der Waals surface area (Å²) in [6.45, 7) is 6.20. The number of amides is 1. The summed E-state index contributed by atoms with van der Waals surface area (Å²) in [5, 5.41) is 3.25. The predicted octanol–water partition coefficient (Wildman–Crippen LogP) is 3.01. The molecule has 7 nitrogen and oxygen atoms in total. The van der Waals surface area contributed by atoms with E-state index in [4.69, 9.17) is 4.74 Å². The van der Waals surface area contributed by atoms with Gasteiger partial charge in [-0.15, -0.1) is 0 Å². The van der Waals surface area contributed by atoms with Gasteiger partial charge in [-0.05, 0) is 45.7 Å². The van der Waals surface area contributed by atoms with Crippen molar-refractivity contribution in [3.05, 3.63) is 42.0 Å². The Kier molecular flexibility index (Phi) is 5.18. The largest absolute Gasteiger partial charge is 0.369 e. The maximum atomic E-state index is 12.9. The van der Waals surface area contributed by atoms with E-state index in [9.17, 15) is 4.79 Å². The molecule has 138 valence electrons. The first kappa shape index (κ1) is 18.3. The van der Waals surface area contributed by atoms with Gasteiger partial charge in [0.25, 0.3) is 5.91 Å². The number of ether oxygens (including phenoxy) is 1. The van der Waals surface area contributed by atoms with Crippen molar-refractivity contribution in [3.63, 3.8) is 0 Å². The topological polar surface area (TPSA) is 80.2 Å². The lowest BCUT2D eigenvalue weighted by Crippen LogP contribution is -2.46. The number of carbonyl (C=O) groups is 1. The zero-order chi connectivity index (χ0) is 18.7. The molecular weight excluding hydrogens is 330 g/mol. The Morgan fingerprint density at radius 3 is 2.81 bits per heavy atom. The van der Waals surface area contributed by atoms with Crippen LogP contribution < -0.4 is 5.32 Å². The molecule has 0 aliphatic carbocycles. The molecule has 3 rings (SSSR count). The molecule has 0 saturated carbocycles. The van der Waals surface area contributed by atoms with Crippen LogP contribution in [0.5, 0.6) is 0 Å². The molecule has 0 bridgehead atoms. The second-order valence-corrected chi connectivity index (χ2v) is 6.95. The van der Waals surface area contributed by atoms with Crippen molar-refractivity contribution in [1.29, 1.82) is 0 Å². The van der Waals surface area contributed by atoms with E-state index >= 15 is 0 Å². The summed E-state index contributed by atoms with van der Waals surface area (Å²) in [7, 11) is 1.56. The van der Waals surface area contributed by atoms with Gasteiger partial charge in [0.05, 0.1) is 6.04 Å². The Bertz CT molecular complexity index is 793. The number of likely N-dealkylation sites (tertiary alicyclic amines) is 1. The Morgan fingerprint density at radius 1 is 1.31 bits per heavy atom. The number of methoxy groups -OCH3 is 1. The third-order valence-electron chi connectivity index (χ3n) is 4.72. The van der Waals surface area contributed by atoms with Crippen molar-refractivity contribution in [3.8, 4) is 0 Å². The van der Waals surface area contributed by atoms with Crippen LogP contribution in [0.3, 0.4) is 0 Å². The highest BCUT2D eigenvalue weighted by atomic mass is 16.5. The fourth-order valence-electron chi connectivity index (χ4n) is 3.15. The monoisotopic (exact) mass is 355 g/mol. The molecule has 1 unspecified atom stereocenters. The third kappa shape index (κ3) is 3.67. The predicted molar refractivity (Wildman–Crippen MR) is 99.1 cm³/mol. The van der Waals surface area contributed by atoms with Gasteiger partial charge in [-0.3, -0.25) is 9.78 Å². The van der Waals surface area contributed by atoms with Crippen molar-refractivity contribution < 1.29 is 9.53 Å². The summed E-state index contributed by atoms with van der Waals surface area (Å²) in [6, 6.07) is 5.63. The van der Waals surface area contributed by atoms with Crippen LogP contribution in [0.1, 0.15) is 44.1 Å². The summed E-state index contributed by atoms with van der Waals surface area (Å²) in [5.74, 6) is 1.30. The molecule has 1 atom stereocenters. The zero-order valence-corrected chi connectivity index (χ0v) is 15.7. The molecule has 1 aliphatic heterocycles. The van der Waals surface area contributed by atoms with Crippen LogP contribution in [-0.4, -0.2) is 45.0 Å². The first-order valence-corrected chi connectivity index (χ1v) is 8.80. The quantitative estimate of drug-likeness (QED) is 0.888. The molecule has 0 radical (unpaired) electrons. The highest BCUT2D eigenvalue weighted by Gasteiger charge is 2.40. The van der Waals surface area contributed by atoms with Gasteiger partial charge in [-0.1, -0.05) is 6.07 Å². The molecule has 2 aromatic rings. The lowest BCUT2D eigenvalue weighted by Gasteiger charge is -2.32. The molecule has 7 heteroatoms. The van der Waals surface area contributed by atoms with E-state index in [0.29, 0.717) is 18.2 Å². The summed E-state index contributed by atoms with van der Waals surface area (Å²) in [6.07, 6.45) is 5.07. The van der Waals surface area contributed by atoms with Gasteiger partial charge in [-0.2, -0.15) is 0 Å². The SMILES string of the molecule is COC(C)(C)C(=O)N1CCCC1c1nccnc1Nc1cccc(C)n1. The maximum absolute atomic E-state index is 12.9. The van der Waals surface area contributed by atoms with E-state index in [0.717, 1.165) is 24.2 Å². The molecule has 1 N–H and O–H groups in total. The number of hydrogen-bond acceptors (Lipinski definition) is 6. The van der Waals surface area contributed by atoms with E-state index in [-0.39, 0.29) is 11.9 Å². The molecule has 26 heavy (non-hydrogen) atoms. The number of aryl methyl sites for hydroxylation is 1. The Balaban J connectivity index is 1.90. The number of anilines is 2. The fraction of sp³-hybridized carbons (Fsp3) is 0.474. The lowest BCUT2D eigenvalue weighted by molar-refractivity contribution is -0.152. The van der Waals surface area contributed by atoms with E-state index in [1.165, 1.54) is 0 Å². The summed E-state index contributed by atoms with van der Waals surface area (Å²) in [4.78, 5) is 28.2. The molecule has 3 heterocycles. The second kappa shape index (κ2) is 7.37. The molecule has 0 spiro atoms. The first-order valence-electron chi connectivity index (χ1n) is 8.80. The molecule has 1 aliphatic rings. The normalized spacial score (nSPS) is 17.4. The summed E-state index contributed by atoms with van der Waals surface area (Å²) in [5.41, 5.74) is 0.810. The van der Waals surface area contributed by atoms with Crippen LogP contribution in [0.25, 0.3) is 0 Å². The van der Waals surface area contributed by atoms with Gasteiger partial charge >= 0.3 is 0 Å². The minimum Gasteiger partial charge on any atom is -0.369 e. The fourth-order valence-corrected chi connectivity index (χ4v) is 3.15. The minimum absolute atomic E-state index is 0.0345. The van der Waals surface area contributed by atoms with Gasteiger partial charge in [0, 0.05) is 31.7 Å². The number of aromatic nitrogens is 3. The van der Waals surface area contributed by atoms with Crippen LogP contribution in [0, 0.1) is 6.92 Å². The Morgan fingerprint density at radius 2 is 2.08 bits per heavy atom. The average Bonchev–Trinajstić information content (AvgIpc) is 3.11. The first-order chi connectivity index (χ1) is 12.4. The van der Waals surface area contributed by atoms with E-state index in [1.54, 1.807) is 33.4 Å². The van der Waals surface area contributed by atoms with E-state index < -0.39 is 5.60 Å². The molecule has 1 fully saturated rings. The van der Waals surface area contributed by atoms with Crippen LogP contribution >= 0.6 is 0 Å². The summed E-state index contributed by atoms with van der Waals surface area (Å²) < 4.78 is 5.38. The minimum atomic E-state index is -0.865. The standard InChI is InChI=1S/C19H25N5O2/c1-13-7-5-9-15(22-13)23-17-16(20-10-11-21-17)14-8-6-12-24(14)18(25)19(2,3)26-4/h5,7,9-11,14H,6,8,12H2,1-4H3,(H,21,22,23). The van der Waals surface area contributed by atoms with Gasteiger partial charge < -0.3 is 15.0 Å². The van der Waals surface area contributed by atoms with E-state index in [1.807, 2.05) is 30.0 Å². The maximum Gasteiger partial charge on any atom is 0.254 e. The van der Waals surface area contributed by atoms with Crippen molar-refractivity contribution in [2.75, 3.05) is 19.0 Å². The van der Waals surface area contributed by atoms with Crippen LogP contribution in [0.15, 0.2) is 30.6 Å². The van der Waals surface area contributed by atoms with Crippen molar-refractivity contribution in [2.24, 2.45) is 0 Å². The number of nitrogens with zero attached hydrogens (tertiary/aromatic N) is 4. The number of nitrogens with one attached hydrogen (secondary N) is 1.